The number of hydrogen-bond acceptors (Lipinski definition) is 7. The van der Waals surface area contributed by atoms with Gasteiger partial charge in [-0.05, 0) is 44.9 Å². The summed E-state index contributed by atoms with van der Waals surface area (Å²) >= 11 is 1.63. The predicted octanol–water partition coefficient (Wildman–Crippen LogP) is 4.79. The molecule has 2 aliphatic heterocycles. The molecule has 1 aliphatic carbocycles. The Morgan fingerprint density at radius 1 is 1.21 bits per heavy atom. The Morgan fingerprint density at radius 2 is 2.05 bits per heavy atom. The number of aromatic nitrogens is 2. The van der Waals surface area contributed by atoms with E-state index in [-0.39, 0.29) is 24.0 Å². The van der Waals surface area contributed by atoms with E-state index in [4.69, 9.17) is 4.74 Å². The standard InChI is InChI=1S/C30H39N5O3S/c1-19(2)29-32-33-30(39-29)21-9-11-25(12-10-21)38-26-16-22(7-8-23(26)17-35-14-5-6-27(35)36)28(37)31-24-13-15-34(18-24)20(3)4/h7-11,16,19-20,24-25H,5-6,12-15,17-18H2,1-4H3,(H,31,37). The SMILES string of the molecule is CC(C)c1nnc(C2=CCC(Oc3cc(C(=O)NC4CCN(C(C)C)C4)ccc3CN3CCCC3=O)C=C2)s1. The van der Waals surface area contributed by atoms with Crippen LogP contribution in [0.3, 0.4) is 0 Å². The Balaban J connectivity index is 1.30. The summed E-state index contributed by atoms with van der Waals surface area (Å²) in [5, 5.41) is 13.8. The molecule has 2 atom stereocenters. The van der Waals surface area contributed by atoms with Crippen molar-refractivity contribution in [1.82, 2.24) is 25.3 Å². The Morgan fingerprint density at radius 3 is 2.69 bits per heavy atom. The summed E-state index contributed by atoms with van der Waals surface area (Å²) in [6.45, 7) is 11.7. The van der Waals surface area contributed by atoms with E-state index in [1.54, 1.807) is 11.3 Å². The van der Waals surface area contributed by atoms with Gasteiger partial charge in [-0.25, -0.2) is 0 Å². The number of likely N-dealkylation sites (tertiary alicyclic amines) is 2. The van der Waals surface area contributed by atoms with Crippen LogP contribution in [0.5, 0.6) is 5.75 Å². The van der Waals surface area contributed by atoms with Gasteiger partial charge in [0, 0.05) is 73.7 Å². The molecule has 2 aromatic rings. The molecule has 3 heterocycles. The summed E-state index contributed by atoms with van der Waals surface area (Å²) in [7, 11) is 0. The summed E-state index contributed by atoms with van der Waals surface area (Å²) in [6.07, 6.45) is 9.16. The average Bonchev–Trinajstić information content (AvgIpc) is 3.67. The molecule has 39 heavy (non-hydrogen) atoms. The van der Waals surface area contributed by atoms with Crippen LogP contribution in [-0.2, 0) is 11.3 Å². The molecular formula is C30H39N5O3S. The number of ether oxygens (including phenoxy) is 1. The molecule has 2 unspecified atom stereocenters. The van der Waals surface area contributed by atoms with E-state index >= 15 is 0 Å². The fourth-order valence-corrected chi connectivity index (χ4v) is 6.12. The number of amides is 2. The minimum atomic E-state index is -0.174. The zero-order valence-corrected chi connectivity index (χ0v) is 24.2. The second kappa shape index (κ2) is 12.0. The van der Waals surface area contributed by atoms with E-state index in [1.165, 1.54) is 0 Å². The van der Waals surface area contributed by atoms with Crippen molar-refractivity contribution in [3.63, 3.8) is 0 Å². The Bertz CT molecular complexity index is 1270. The van der Waals surface area contributed by atoms with Crippen LogP contribution in [0.15, 0.2) is 36.4 Å². The molecule has 208 valence electrons. The maximum absolute atomic E-state index is 13.2. The lowest BCUT2D eigenvalue weighted by Crippen LogP contribution is -2.38. The number of allylic oxidation sites excluding steroid dienone is 2. The molecule has 0 bridgehead atoms. The molecule has 2 saturated heterocycles. The van der Waals surface area contributed by atoms with Crippen molar-refractivity contribution < 1.29 is 14.3 Å². The monoisotopic (exact) mass is 549 g/mol. The minimum absolute atomic E-state index is 0.0853. The van der Waals surface area contributed by atoms with Crippen LogP contribution >= 0.6 is 11.3 Å². The van der Waals surface area contributed by atoms with Gasteiger partial charge in [-0.2, -0.15) is 0 Å². The molecule has 9 heteroatoms. The average molecular weight is 550 g/mol. The van der Waals surface area contributed by atoms with Crippen LogP contribution in [0.2, 0.25) is 0 Å². The van der Waals surface area contributed by atoms with E-state index in [2.05, 4.69) is 54.2 Å². The lowest BCUT2D eigenvalue weighted by molar-refractivity contribution is -0.128. The largest absolute Gasteiger partial charge is 0.486 e. The number of carbonyl (C=O) groups is 2. The number of nitrogens with zero attached hydrogens (tertiary/aromatic N) is 4. The molecule has 1 N–H and O–H groups in total. The Labute approximate surface area is 235 Å². The topological polar surface area (TPSA) is 87.7 Å². The molecule has 8 nitrogen and oxygen atoms in total. The minimum Gasteiger partial charge on any atom is -0.486 e. The second-order valence-electron chi connectivity index (χ2n) is 11.3. The van der Waals surface area contributed by atoms with Crippen LogP contribution in [0, 0.1) is 0 Å². The van der Waals surface area contributed by atoms with E-state index in [0.29, 0.717) is 42.7 Å². The lowest BCUT2D eigenvalue weighted by Gasteiger charge is -2.23. The van der Waals surface area contributed by atoms with E-state index in [0.717, 1.165) is 53.6 Å². The van der Waals surface area contributed by atoms with Crippen LogP contribution < -0.4 is 10.1 Å². The smallest absolute Gasteiger partial charge is 0.251 e. The van der Waals surface area contributed by atoms with Crippen molar-refractivity contribution in [2.75, 3.05) is 19.6 Å². The van der Waals surface area contributed by atoms with Gasteiger partial charge in [-0.3, -0.25) is 14.5 Å². The number of rotatable bonds is 9. The van der Waals surface area contributed by atoms with Gasteiger partial charge in [0.2, 0.25) is 5.91 Å². The fraction of sp³-hybridized carbons (Fsp3) is 0.533. The molecule has 3 aliphatic rings. The predicted molar refractivity (Wildman–Crippen MR) is 154 cm³/mol. The van der Waals surface area contributed by atoms with Crippen molar-refractivity contribution in [1.29, 1.82) is 0 Å². The van der Waals surface area contributed by atoms with Crippen LogP contribution in [0.4, 0.5) is 0 Å². The van der Waals surface area contributed by atoms with Gasteiger partial charge in [0.05, 0.1) is 0 Å². The maximum atomic E-state index is 13.2. The van der Waals surface area contributed by atoms with Crippen LogP contribution in [-0.4, -0.2) is 69.6 Å². The van der Waals surface area contributed by atoms with Gasteiger partial charge in [-0.15, -0.1) is 10.2 Å². The van der Waals surface area contributed by atoms with Crippen LogP contribution in [0.1, 0.15) is 85.2 Å². The second-order valence-corrected chi connectivity index (χ2v) is 12.3. The molecule has 5 rings (SSSR count). The van der Waals surface area contributed by atoms with Gasteiger partial charge in [0.15, 0.2) is 0 Å². The summed E-state index contributed by atoms with van der Waals surface area (Å²) in [4.78, 5) is 29.8. The van der Waals surface area contributed by atoms with Crippen molar-refractivity contribution in [2.45, 2.75) is 84.0 Å². The maximum Gasteiger partial charge on any atom is 0.251 e. The van der Waals surface area contributed by atoms with E-state index in [1.807, 2.05) is 35.3 Å². The Hall–Kier alpha value is -3.04. The zero-order valence-electron chi connectivity index (χ0n) is 23.4. The first-order chi connectivity index (χ1) is 18.8. The summed E-state index contributed by atoms with van der Waals surface area (Å²) in [5.41, 5.74) is 2.56. The van der Waals surface area contributed by atoms with Crippen molar-refractivity contribution in [3.05, 3.63) is 57.6 Å². The number of benzene rings is 1. The van der Waals surface area contributed by atoms with E-state index in [9.17, 15) is 9.59 Å². The van der Waals surface area contributed by atoms with Crippen molar-refractivity contribution in [3.8, 4) is 5.75 Å². The highest BCUT2D eigenvalue weighted by molar-refractivity contribution is 7.12. The van der Waals surface area contributed by atoms with Gasteiger partial charge >= 0.3 is 0 Å². The van der Waals surface area contributed by atoms with Gasteiger partial charge in [-0.1, -0.05) is 43.4 Å². The van der Waals surface area contributed by atoms with Crippen LogP contribution in [0.25, 0.3) is 5.57 Å². The third-order valence-corrected chi connectivity index (χ3v) is 8.94. The first-order valence-electron chi connectivity index (χ1n) is 14.1. The summed E-state index contributed by atoms with van der Waals surface area (Å²) in [5.74, 6) is 1.09. The molecular weight excluding hydrogens is 510 g/mol. The molecule has 0 saturated carbocycles. The highest BCUT2D eigenvalue weighted by atomic mass is 32.1. The third kappa shape index (κ3) is 6.58. The highest BCUT2D eigenvalue weighted by Gasteiger charge is 2.27. The first-order valence-corrected chi connectivity index (χ1v) is 14.9. The van der Waals surface area contributed by atoms with Crippen molar-refractivity contribution in [2.24, 2.45) is 0 Å². The fourth-order valence-electron chi connectivity index (χ4n) is 5.25. The third-order valence-electron chi connectivity index (χ3n) is 7.67. The highest BCUT2D eigenvalue weighted by Crippen LogP contribution is 2.31. The summed E-state index contributed by atoms with van der Waals surface area (Å²) in [6, 6.07) is 6.25. The number of hydrogen-bond donors (Lipinski definition) is 1. The molecule has 1 aromatic heterocycles. The Kier molecular flexibility index (Phi) is 8.47. The number of nitrogens with one attached hydrogen (secondary N) is 1. The van der Waals surface area contributed by atoms with Crippen molar-refractivity contribution >= 4 is 28.7 Å². The lowest BCUT2D eigenvalue weighted by atomic mass is 10.0. The normalized spacial score (nSPS) is 21.7. The quantitative estimate of drug-likeness (QED) is 0.484. The summed E-state index contributed by atoms with van der Waals surface area (Å²) < 4.78 is 6.48. The first kappa shape index (κ1) is 27.5. The van der Waals surface area contributed by atoms with Gasteiger partial charge in [0.25, 0.3) is 5.91 Å². The molecule has 2 amide bonds. The molecule has 1 aromatic carbocycles. The van der Waals surface area contributed by atoms with Gasteiger partial charge in [0.1, 0.15) is 21.9 Å². The molecule has 0 spiro atoms. The van der Waals surface area contributed by atoms with E-state index < -0.39 is 0 Å². The molecule has 2 fully saturated rings. The number of carbonyl (C=O) groups excluding carboxylic acids is 2. The zero-order chi connectivity index (χ0) is 27.5. The molecule has 0 radical (unpaired) electrons. The van der Waals surface area contributed by atoms with Gasteiger partial charge < -0.3 is 15.0 Å².